The summed E-state index contributed by atoms with van der Waals surface area (Å²) >= 11 is 0. The maximum atomic E-state index is 13.5. The molecule has 0 radical (unpaired) electrons. The molecule has 6 rings (SSSR count). The average Bonchev–Trinajstić information content (AvgIpc) is 3.12. The summed E-state index contributed by atoms with van der Waals surface area (Å²) < 4.78 is 28.7. The zero-order valence-electron chi connectivity index (χ0n) is 20.1. The van der Waals surface area contributed by atoms with E-state index in [1.165, 1.54) is 10.6 Å². The molecular weight excluding hydrogens is 451 g/mol. The van der Waals surface area contributed by atoms with Gasteiger partial charge in [-0.1, -0.05) is 0 Å². The number of anilines is 1. The molecular formula is C26H29FN4O4. The van der Waals surface area contributed by atoms with E-state index in [1.807, 2.05) is 24.4 Å². The van der Waals surface area contributed by atoms with Crippen molar-refractivity contribution >= 4 is 17.2 Å². The Bertz CT molecular complexity index is 1390. The van der Waals surface area contributed by atoms with Crippen molar-refractivity contribution in [3.05, 3.63) is 58.4 Å². The molecule has 1 amide bonds. The van der Waals surface area contributed by atoms with Gasteiger partial charge in [-0.05, 0) is 52.2 Å². The number of alkyl halides is 1. The number of pyridine rings is 2. The van der Waals surface area contributed by atoms with Crippen molar-refractivity contribution in [2.75, 3.05) is 11.9 Å². The first kappa shape index (κ1) is 22.3. The first-order valence-electron chi connectivity index (χ1n) is 12.2. The maximum Gasteiger partial charge on any atom is 0.274 e. The third-order valence-electron chi connectivity index (χ3n) is 7.51. The van der Waals surface area contributed by atoms with Crippen molar-refractivity contribution in [1.29, 1.82) is 0 Å². The lowest BCUT2D eigenvalue weighted by atomic mass is 9.84. The molecule has 0 unspecified atom stereocenters. The Morgan fingerprint density at radius 1 is 1.34 bits per heavy atom. The minimum absolute atomic E-state index is 0.0853. The molecule has 1 aliphatic heterocycles. The fourth-order valence-electron chi connectivity index (χ4n) is 5.54. The van der Waals surface area contributed by atoms with Crippen LogP contribution in [0.25, 0.3) is 5.65 Å². The number of fused-ring (bicyclic) bond motifs is 3. The lowest BCUT2D eigenvalue weighted by Crippen LogP contribution is -2.26. The molecule has 1 N–H and O–H groups in total. The van der Waals surface area contributed by atoms with Crippen LogP contribution in [-0.2, 0) is 10.2 Å². The highest BCUT2D eigenvalue weighted by atomic mass is 19.1. The number of carbonyl (C=O) groups is 1. The first-order valence-corrected chi connectivity index (χ1v) is 12.2. The van der Waals surface area contributed by atoms with E-state index in [2.05, 4.69) is 12.2 Å². The number of halogens is 1. The Morgan fingerprint density at radius 3 is 2.77 bits per heavy atom. The molecule has 0 aromatic carbocycles. The summed E-state index contributed by atoms with van der Waals surface area (Å²) in [6.45, 7) is 6.58. The number of rotatable bonds is 6. The molecule has 3 aromatic rings. The summed E-state index contributed by atoms with van der Waals surface area (Å²) in [6.07, 6.45) is 7.31. The Kier molecular flexibility index (Phi) is 4.87. The first-order chi connectivity index (χ1) is 16.7. The van der Waals surface area contributed by atoms with E-state index < -0.39 is 23.7 Å². The predicted octanol–water partition coefficient (Wildman–Crippen LogP) is 4.03. The summed E-state index contributed by atoms with van der Waals surface area (Å²) in [5, 5.41) is 2.71. The van der Waals surface area contributed by atoms with Crippen molar-refractivity contribution in [3.63, 3.8) is 0 Å². The second-order valence-electron chi connectivity index (χ2n) is 10.7. The third kappa shape index (κ3) is 3.73. The van der Waals surface area contributed by atoms with Gasteiger partial charge in [-0.3, -0.25) is 9.59 Å². The standard InChI is InChI=1S/C26H29FN4O4/c1-15(2)35-20-10-22-29-21(26-7-6-25(3,13-26)34-14-26)12-30(22)11-16(20)23(32)28-18-5-4-8-31(24(18)33)19-9-17(19)27/h4-5,8,10-12,15,17,19H,6-7,9,13-14H2,1-3H3,(H,28,32)/t17-,19-,25-,26-/m1/s1. The van der Waals surface area contributed by atoms with Crippen LogP contribution in [-0.4, -0.2) is 44.3 Å². The molecule has 3 fully saturated rings. The fraction of sp³-hybridized carbons (Fsp3) is 0.500. The quantitative estimate of drug-likeness (QED) is 0.576. The van der Waals surface area contributed by atoms with E-state index in [0.717, 1.165) is 25.0 Å². The molecule has 2 saturated carbocycles. The normalized spacial score (nSPS) is 29.2. The summed E-state index contributed by atoms with van der Waals surface area (Å²) in [6, 6.07) is 4.47. The number of nitrogens with zero attached hydrogens (tertiary/aromatic N) is 3. The second kappa shape index (κ2) is 7.65. The van der Waals surface area contributed by atoms with Gasteiger partial charge in [0.2, 0.25) is 0 Å². The Hall–Kier alpha value is -3.20. The van der Waals surface area contributed by atoms with Crippen LogP contribution >= 0.6 is 0 Å². The number of carbonyl (C=O) groups excluding carboxylic acids is 1. The van der Waals surface area contributed by atoms with E-state index in [0.29, 0.717) is 24.4 Å². The molecule has 1 saturated heterocycles. The van der Waals surface area contributed by atoms with Crippen LogP contribution in [0.1, 0.15) is 68.5 Å². The molecule has 8 nitrogen and oxygen atoms in total. The van der Waals surface area contributed by atoms with Crippen molar-refractivity contribution in [2.45, 2.75) is 75.8 Å². The number of imidazole rings is 1. The average molecular weight is 481 g/mol. The van der Waals surface area contributed by atoms with Gasteiger partial charge in [0.25, 0.3) is 11.5 Å². The van der Waals surface area contributed by atoms with E-state index >= 15 is 0 Å². The van der Waals surface area contributed by atoms with Crippen molar-refractivity contribution in [2.24, 2.45) is 0 Å². The summed E-state index contributed by atoms with van der Waals surface area (Å²) in [7, 11) is 0. The number of hydrogen-bond donors (Lipinski definition) is 1. The molecule has 184 valence electrons. The SMILES string of the molecule is CC(C)Oc1cc2nc([C@]34CC[C@](C)(C3)OC4)cn2cc1C(=O)Nc1cccn([C@@H]2C[C@H]2F)c1=O. The zero-order chi connectivity index (χ0) is 24.5. The van der Waals surface area contributed by atoms with Crippen LogP contribution in [0, 0.1) is 0 Å². The highest BCUT2D eigenvalue weighted by Gasteiger charge is 2.55. The summed E-state index contributed by atoms with van der Waals surface area (Å²) in [4.78, 5) is 31.0. The number of ether oxygens (including phenoxy) is 2. The molecule has 3 aromatic heterocycles. The highest BCUT2D eigenvalue weighted by molar-refractivity contribution is 6.06. The highest BCUT2D eigenvalue weighted by Crippen LogP contribution is 2.53. The van der Waals surface area contributed by atoms with Crippen LogP contribution in [0.3, 0.4) is 0 Å². The van der Waals surface area contributed by atoms with Gasteiger partial charge < -0.3 is 23.8 Å². The molecule has 3 aliphatic rings. The Balaban J connectivity index is 1.35. The maximum absolute atomic E-state index is 13.5. The monoisotopic (exact) mass is 480 g/mol. The minimum Gasteiger partial charge on any atom is -0.490 e. The third-order valence-corrected chi connectivity index (χ3v) is 7.51. The number of amides is 1. The molecule has 2 aliphatic carbocycles. The van der Waals surface area contributed by atoms with E-state index in [4.69, 9.17) is 14.5 Å². The van der Waals surface area contributed by atoms with Crippen molar-refractivity contribution < 1.29 is 18.7 Å². The van der Waals surface area contributed by atoms with Gasteiger partial charge in [0.05, 0.1) is 35.6 Å². The lowest BCUT2D eigenvalue weighted by molar-refractivity contribution is -0.00627. The van der Waals surface area contributed by atoms with Crippen LogP contribution < -0.4 is 15.6 Å². The van der Waals surface area contributed by atoms with Crippen LogP contribution in [0.2, 0.25) is 0 Å². The van der Waals surface area contributed by atoms with Crippen molar-refractivity contribution in [3.8, 4) is 5.75 Å². The fourth-order valence-corrected chi connectivity index (χ4v) is 5.54. The predicted molar refractivity (Wildman–Crippen MR) is 128 cm³/mol. The molecule has 35 heavy (non-hydrogen) atoms. The summed E-state index contributed by atoms with van der Waals surface area (Å²) in [5.74, 6) is -0.0862. The number of nitrogens with one attached hydrogen (secondary N) is 1. The largest absolute Gasteiger partial charge is 0.490 e. The van der Waals surface area contributed by atoms with Gasteiger partial charge >= 0.3 is 0 Å². The minimum atomic E-state index is -1.02. The smallest absolute Gasteiger partial charge is 0.274 e. The van der Waals surface area contributed by atoms with Gasteiger partial charge in [0, 0.05) is 36.5 Å². The molecule has 2 bridgehead atoms. The second-order valence-corrected chi connectivity index (χ2v) is 10.7. The summed E-state index contributed by atoms with van der Waals surface area (Å²) in [5.41, 5.74) is 1.43. The molecule has 4 atom stereocenters. The van der Waals surface area contributed by atoms with Gasteiger partial charge in [0.15, 0.2) is 0 Å². The van der Waals surface area contributed by atoms with Crippen LogP contribution in [0.15, 0.2) is 41.6 Å². The van der Waals surface area contributed by atoms with Crippen molar-refractivity contribution in [1.82, 2.24) is 14.0 Å². The topological polar surface area (TPSA) is 86.9 Å². The number of hydrogen-bond acceptors (Lipinski definition) is 5. The number of aromatic nitrogens is 3. The molecule has 9 heteroatoms. The van der Waals surface area contributed by atoms with E-state index in [1.54, 1.807) is 24.5 Å². The van der Waals surface area contributed by atoms with Crippen LogP contribution in [0.4, 0.5) is 10.1 Å². The molecule has 0 spiro atoms. The van der Waals surface area contributed by atoms with Crippen LogP contribution in [0.5, 0.6) is 5.75 Å². The van der Waals surface area contributed by atoms with Gasteiger partial charge in [-0.2, -0.15) is 0 Å². The van der Waals surface area contributed by atoms with E-state index in [-0.39, 0.29) is 28.4 Å². The zero-order valence-corrected chi connectivity index (χ0v) is 20.1. The Morgan fingerprint density at radius 2 is 2.14 bits per heavy atom. The van der Waals surface area contributed by atoms with Gasteiger partial charge in [-0.25, -0.2) is 9.37 Å². The molecule has 4 heterocycles. The van der Waals surface area contributed by atoms with Gasteiger partial charge in [-0.15, -0.1) is 0 Å². The lowest BCUT2D eigenvalue weighted by Gasteiger charge is -2.24. The van der Waals surface area contributed by atoms with Gasteiger partial charge in [0.1, 0.15) is 23.3 Å². The van der Waals surface area contributed by atoms with E-state index in [9.17, 15) is 14.0 Å². The Labute approximate surface area is 202 Å².